The zero-order valence-electron chi connectivity index (χ0n) is 7.87. The Morgan fingerprint density at radius 1 is 1.57 bits per heavy atom. The van der Waals surface area contributed by atoms with Gasteiger partial charge in [-0.05, 0) is 34.5 Å². The van der Waals surface area contributed by atoms with E-state index in [9.17, 15) is 0 Å². The van der Waals surface area contributed by atoms with E-state index in [0.29, 0.717) is 5.92 Å². The van der Waals surface area contributed by atoms with Crippen molar-refractivity contribution >= 4 is 21.6 Å². The van der Waals surface area contributed by atoms with E-state index in [1.807, 2.05) is 18.3 Å². The number of hydrogen-bond acceptors (Lipinski definition) is 3. The fraction of sp³-hybridized carbons (Fsp3) is 0.500. The fourth-order valence-corrected chi connectivity index (χ4v) is 1.72. The first-order valence-corrected chi connectivity index (χ1v) is 5.57. The minimum absolute atomic E-state index is 0.652. The lowest BCUT2D eigenvalue weighted by atomic mass is 10.1. The van der Waals surface area contributed by atoms with E-state index in [-0.39, 0.29) is 0 Å². The van der Waals surface area contributed by atoms with Crippen molar-refractivity contribution in [2.45, 2.75) is 6.42 Å². The number of rotatable bonds is 3. The lowest BCUT2D eigenvalue weighted by Crippen LogP contribution is -2.14. The molecular weight excluding hydrogens is 244 g/mol. The Bertz CT molecular complexity index is 283. The molecule has 14 heavy (non-hydrogen) atoms. The molecule has 1 atom stereocenters. The van der Waals surface area contributed by atoms with Gasteiger partial charge < -0.3 is 10.1 Å². The molecule has 1 aromatic heterocycles. The van der Waals surface area contributed by atoms with Crippen LogP contribution >= 0.6 is 15.9 Å². The molecule has 4 heteroatoms. The van der Waals surface area contributed by atoms with Gasteiger partial charge in [-0.25, -0.2) is 4.98 Å². The van der Waals surface area contributed by atoms with Crippen LogP contribution in [0.25, 0.3) is 0 Å². The number of nitrogens with one attached hydrogen (secondary N) is 1. The maximum atomic E-state index is 5.30. The van der Waals surface area contributed by atoms with Gasteiger partial charge in [0.1, 0.15) is 4.60 Å². The summed E-state index contributed by atoms with van der Waals surface area (Å²) in [4.78, 5) is 4.15. The Labute approximate surface area is 92.0 Å². The first-order valence-electron chi connectivity index (χ1n) is 4.78. The van der Waals surface area contributed by atoms with Crippen LogP contribution in [0.2, 0.25) is 0 Å². The van der Waals surface area contributed by atoms with E-state index in [0.717, 1.165) is 36.5 Å². The van der Waals surface area contributed by atoms with Crippen LogP contribution in [0.3, 0.4) is 0 Å². The van der Waals surface area contributed by atoms with Crippen molar-refractivity contribution in [2.24, 2.45) is 5.92 Å². The monoisotopic (exact) mass is 256 g/mol. The van der Waals surface area contributed by atoms with Crippen LogP contribution in [0.1, 0.15) is 6.42 Å². The van der Waals surface area contributed by atoms with Crippen molar-refractivity contribution in [1.29, 1.82) is 0 Å². The average Bonchev–Trinajstić information content (AvgIpc) is 2.70. The second kappa shape index (κ2) is 4.75. The summed E-state index contributed by atoms with van der Waals surface area (Å²) < 4.78 is 6.17. The molecule has 0 saturated carbocycles. The molecule has 2 rings (SSSR count). The highest BCUT2D eigenvalue weighted by Gasteiger charge is 2.14. The quantitative estimate of drug-likeness (QED) is 0.843. The molecule has 76 valence electrons. The molecule has 0 bridgehead atoms. The Morgan fingerprint density at radius 2 is 2.50 bits per heavy atom. The van der Waals surface area contributed by atoms with Crippen LogP contribution in [-0.2, 0) is 4.74 Å². The topological polar surface area (TPSA) is 34.1 Å². The number of ether oxygens (including phenoxy) is 1. The summed E-state index contributed by atoms with van der Waals surface area (Å²) in [6.45, 7) is 2.77. The van der Waals surface area contributed by atoms with Crippen molar-refractivity contribution in [3.8, 4) is 0 Å². The highest BCUT2D eigenvalue weighted by molar-refractivity contribution is 9.10. The van der Waals surface area contributed by atoms with E-state index >= 15 is 0 Å². The molecule has 0 aromatic carbocycles. The van der Waals surface area contributed by atoms with E-state index in [2.05, 4.69) is 26.2 Å². The number of hydrogen-bond donors (Lipinski definition) is 1. The largest absolute Gasteiger partial charge is 0.383 e. The molecule has 3 nitrogen and oxygen atoms in total. The van der Waals surface area contributed by atoms with Gasteiger partial charge in [0.2, 0.25) is 0 Å². The third kappa shape index (κ3) is 2.69. The summed E-state index contributed by atoms with van der Waals surface area (Å²) in [5.74, 6) is 0.652. The van der Waals surface area contributed by atoms with Gasteiger partial charge >= 0.3 is 0 Å². The lowest BCUT2D eigenvalue weighted by molar-refractivity contribution is 0.187. The summed E-state index contributed by atoms with van der Waals surface area (Å²) in [5, 5.41) is 3.35. The van der Waals surface area contributed by atoms with E-state index in [4.69, 9.17) is 4.74 Å². The van der Waals surface area contributed by atoms with Crippen LogP contribution in [-0.4, -0.2) is 24.7 Å². The molecule has 1 N–H and O–H groups in total. The molecule has 0 aliphatic carbocycles. The molecule has 1 unspecified atom stereocenters. The van der Waals surface area contributed by atoms with Crippen molar-refractivity contribution in [2.75, 3.05) is 25.1 Å². The van der Waals surface area contributed by atoms with Crippen molar-refractivity contribution in [1.82, 2.24) is 4.98 Å². The number of halogens is 1. The zero-order valence-corrected chi connectivity index (χ0v) is 9.46. The minimum atomic E-state index is 0.652. The first kappa shape index (κ1) is 9.93. The van der Waals surface area contributed by atoms with Gasteiger partial charge in [0, 0.05) is 19.1 Å². The zero-order chi connectivity index (χ0) is 9.80. The molecular formula is C10H13BrN2O. The molecule has 1 aliphatic rings. The normalized spacial score (nSPS) is 21.1. The highest BCUT2D eigenvalue weighted by Crippen LogP contribution is 2.15. The third-order valence-corrected chi connectivity index (χ3v) is 2.82. The van der Waals surface area contributed by atoms with Gasteiger partial charge in [0.15, 0.2) is 0 Å². The molecule has 0 amide bonds. The van der Waals surface area contributed by atoms with Crippen LogP contribution in [0.5, 0.6) is 0 Å². The lowest BCUT2D eigenvalue weighted by Gasteiger charge is -2.09. The van der Waals surface area contributed by atoms with E-state index in [1.54, 1.807) is 0 Å². The minimum Gasteiger partial charge on any atom is -0.383 e. The molecule has 1 aliphatic heterocycles. The summed E-state index contributed by atoms with van der Waals surface area (Å²) in [6, 6.07) is 3.96. The molecule has 1 saturated heterocycles. The number of nitrogens with zero attached hydrogens (tertiary/aromatic N) is 1. The summed E-state index contributed by atoms with van der Waals surface area (Å²) >= 11 is 3.30. The van der Waals surface area contributed by atoms with Gasteiger partial charge in [-0.15, -0.1) is 0 Å². The summed E-state index contributed by atoms with van der Waals surface area (Å²) in [6.07, 6.45) is 3.00. The van der Waals surface area contributed by atoms with Gasteiger partial charge in [-0.1, -0.05) is 0 Å². The second-order valence-electron chi connectivity index (χ2n) is 3.48. The van der Waals surface area contributed by atoms with Gasteiger partial charge in [-0.2, -0.15) is 0 Å². The Balaban J connectivity index is 1.82. The Kier molecular flexibility index (Phi) is 3.37. The van der Waals surface area contributed by atoms with E-state index in [1.165, 1.54) is 0 Å². The van der Waals surface area contributed by atoms with Crippen LogP contribution in [0, 0.1) is 5.92 Å². The van der Waals surface area contributed by atoms with Crippen molar-refractivity contribution in [3.05, 3.63) is 22.9 Å². The molecule has 1 fully saturated rings. The van der Waals surface area contributed by atoms with Gasteiger partial charge in [-0.3, -0.25) is 0 Å². The standard InChI is InChI=1S/C10H13BrN2O/c11-10-2-1-9(6-13-10)12-5-8-3-4-14-7-8/h1-2,6,8,12H,3-5,7H2. The number of aromatic nitrogens is 1. The van der Waals surface area contributed by atoms with Gasteiger partial charge in [0.05, 0.1) is 18.5 Å². The maximum Gasteiger partial charge on any atom is 0.106 e. The molecule has 0 radical (unpaired) electrons. The van der Waals surface area contributed by atoms with E-state index < -0.39 is 0 Å². The summed E-state index contributed by atoms with van der Waals surface area (Å²) in [5.41, 5.74) is 1.07. The highest BCUT2D eigenvalue weighted by atomic mass is 79.9. The van der Waals surface area contributed by atoms with Crippen LogP contribution in [0.15, 0.2) is 22.9 Å². The Hall–Kier alpha value is -0.610. The predicted molar refractivity (Wildman–Crippen MR) is 59.4 cm³/mol. The number of anilines is 1. The van der Waals surface area contributed by atoms with Crippen molar-refractivity contribution < 1.29 is 4.74 Å². The molecule has 1 aromatic rings. The molecule has 0 spiro atoms. The SMILES string of the molecule is Brc1ccc(NCC2CCOC2)cn1. The summed E-state index contributed by atoms with van der Waals surface area (Å²) in [7, 11) is 0. The van der Waals surface area contributed by atoms with Crippen LogP contribution in [0.4, 0.5) is 5.69 Å². The van der Waals surface area contributed by atoms with Gasteiger partial charge in [0.25, 0.3) is 0 Å². The maximum absolute atomic E-state index is 5.30. The van der Waals surface area contributed by atoms with Crippen LogP contribution < -0.4 is 5.32 Å². The second-order valence-corrected chi connectivity index (χ2v) is 4.29. The predicted octanol–water partition coefficient (Wildman–Crippen LogP) is 2.29. The van der Waals surface area contributed by atoms with Crippen molar-refractivity contribution in [3.63, 3.8) is 0 Å². The fourth-order valence-electron chi connectivity index (χ4n) is 1.49. The first-order chi connectivity index (χ1) is 6.84. The smallest absolute Gasteiger partial charge is 0.106 e. The number of pyridine rings is 1. The third-order valence-electron chi connectivity index (χ3n) is 2.35. The molecule has 2 heterocycles. The average molecular weight is 257 g/mol. The Morgan fingerprint density at radius 3 is 3.14 bits per heavy atom.